The van der Waals surface area contributed by atoms with Gasteiger partial charge in [-0.1, -0.05) is 18.7 Å². The Kier molecular flexibility index (Phi) is 7.47. The summed E-state index contributed by atoms with van der Waals surface area (Å²) in [6.45, 7) is 2.24. The number of imidazole rings is 1. The monoisotopic (exact) mass is 531 g/mol. The van der Waals surface area contributed by atoms with Gasteiger partial charge in [0.15, 0.2) is 5.82 Å². The highest BCUT2D eigenvalue weighted by atomic mass is 32.2. The molecule has 1 atom stereocenters. The summed E-state index contributed by atoms with van der Waals surface area (Å²) in [4.78, 5) is 28.9. The zero-order valence-corrected chi connectivity index (χ0v) is 20.2. The average molecular weight is 532 g/mol. The van der Waals surface area contributed by atoms with Crippen LogP contribution in [-0.2, 0) is 25.7 Å². The van der Waals surface area contributed by atoms with Crippen LogP contribution in [0.25, 0.3) is 11.4 Å². The van der Waals surface area contributed by atoms with Crippen molar-refractivity contribution in [2.45, 2.75) is 32.4 Å². The van der Waals surface area contributed by atoms with E-state index < -0.39 is 39.5 Å². The van der Waals surface area contributed by atoms with E-state index in [2.05, 4.69) is 14.6 Å². The fourth-order valence-corrected chi connectivity index (χ4v) is 5.15. The smallest absolute Gasteiger partial charge is 0.289 e. The number of halogens is 2. The number of benzene rings is 1. The highest BCUT2D eigenvalue weighted by Gasteiger charge is 2.40. The van der Waals surface area contributed by atoms with Gasteiger partial charge >= 0.3 is 0 Å². The Bertz CT molecular complexity index is 1220. The third kappa shape index (κ3) is 5.67. The van der Waals surface area contributed by atoms with Gasteiger partial charge in [-0.25, -0.2) is 19.2 Å². The lowest BCUT2D eigenvalue weighted by molar-refractivity contribution is -0.127. The number of alkyl halides is 2. The largest absolute Gasteiger partial charge is 0.491 e. The summed E-state index contributed by atoms with van der Waals surface area (Å²) >= 11 is 0.841. The first-order valence-electron chi connectivity index (χ1n) is 10.7. The lowest BCUT2D eigenvalue weighted by Crippen LogP contribution is -2.38. The average Bonchev–Trinajstić information content (AvgIpc) is 3.36. The quantitative estimate of drug-likeness (QED) is 0.468. The van der Waals surface area contributed by atoms with Gasteiger partial charge in [-0.2, -0.15) is 8.42 Å². The molecule has 2 amide bonds. The number of ether oxygens (including phenoxy) is 1. The van der Waals surface area contributed by atoms with Crippen LogP contribution < -0.4 is 20.4 Å². The highest BCUT2D eigenvalue weighted by molar-refractivity contribution is 8.14. The molecule has 0 saturated carbocycles. The van der Waals surface area contributed by atoms with E-state index in [4.69, 9.17) is 4.74 Å². The number of rotatable bonds is 9. The van der Waals surface area contributed by atoms with Crippen molar-refractivity contribution in [1.82, 2.24) is 15.0 Å². The fraction of sp³-hybridized carbons (Fsp3) is 0.450. The molecule has 1 aromatic heterocycles. The summed E-state index contributed by atoms with van der Waals surface area (Å²) in [5.74, 6) is 0.154. The number of amides is 2. The number of hydrogen-bond donors (Lipinski definition) is 2. The van der Waals surface area contributed by atoms with Crippen molar-refractivity contribution < 1.29 is 35.8 Å². The number of carbonyl (C=O) groups excluding carboxylic acids is 2. The Balaban J connectivity index is 1.47. The van der Waals surface area contributed by atoms with Gasteiger partial charge in [0.1, 0.15) is 24.2 Å². The summed E-state index contributed by atoms with van der Waals surface area (Å²) in [5.41, 5.74) is 3.03. The Labute approximate surface area is 204 Å². The SMILES string of the molecule is CCC(=O)NOS(=O)(=O)CCNc1ccc2c(c1)OCCn1cc(N3C(=O)SC[C@H]3C(F)F)nc1-2. The molecule has 11 nitrogen and oxygen atoms in total. The van der Waals surface area contributed by atoms with E-state index in [-0.39, 0.29) is 31.1 Å². The zero-order chi connectivity index (χ0) is 25.2. The van der Waals surface area contributed by atoms with Gasteiger partial charge in [-0.05, 0) is 12.1 Å². The molecular weight excluding hydrogens is 508 g/mol. The van der Waals surface area contributed by atoms with Gasteiger partial charge in [0.2, 0.25) is 5.91 Å². The number of aromatic nitrogens is 2. The lowest BCUT2D eigenvalue weighted by Gasteiger charge is -2.20. The van der Waals surface area contributed by atoms with Crippen molar-refractivity contribution in [3.8, 4) is 17.1 Å². The molecule has 1 fully saturated rings. The molecule has 1 saturated heterocycles. The summed E-state index contributed by atoms with van der Waals surface area (Å²) < 4.78 is 62.6. The normalized spacial score (nSPS) is 17.5. The van der Waals surface area contributed by atoms with Crippen molar-refractivity contribution in [2.24, 2.45) is 0 Å². The fourth-order valence-electron chi connectivity index (χ4n) is 3.52. The van der Waals surface area contributed by atoms with Gasteiger partial charge in [-0.3, -0.25) is 14.5 Å². The maximum atomic E-state index is 13.4. The van der Waals surface area contributed by atoms with E-state index in [0.717, 1.165) is 16.7 Å². The summed E-state index contributed by atoms with van der Waals surface area (Å²) in [6.07, 6.45) is -1.03. The number of nitrogens with zero attached hydrogens (tertiary/aromatic N) is 3. The van der Waals surface area contributed by atoms with Crippen molar-refractivity contribution in [1.29, 1.82) is 0 Å². The summed E-state index contributed by atoms with van der Waals surface area (Å²) in [7, 11) is -3.97. The number of anilines is 2. The molecule has 1 aromatic carbocycles. The van der Waals surface area contributed by atoms with Crippen LogP contribution in [0.5, 0.6) is 5.75 Å². The van der Waals surface area contributed by atoms with Crippen LogP contribution in [0.1, 0.15) is 13.3 Å². The first-order valence-corrected chi connectivity index (χ1v) is 13.3. The van der Waals surface area contributed by atoms with E-state index in [1.165, 1.54) is 0 Å². The maximum absolute atomic E-state index is 13.4. The van der Waals surface area contributed by atoms with E-state index >= 15 is 0 Å². The molecule has 3 heterocycles. The summed E-state index contributed by atoms with van der Waals surface area (Å²) in [5, 5.41) is 2.49. The van der Waals surface area contributed by atoms with E-state index in [1.807, 2.05) is 5.48 Å². The second-order valence-corrected chi connectivity index (χ2v) is 10.3. The predicted octanol–water partition coefficient (Wildman–Crippen LogP) is 2.45. The Morgan fingerprint density at radius 1 is 1.40 bits per heavy atom. The topological polar surface area (TPSA) is 132 Å². The molecule has 190 valence electrons. The Morgan fingerprint density at radius 3 is 2.94 bits per heavy atom. The molecule has 0 spiro atoms. The molecule has 0 aliphatic carbocycles. The van der Waals surface area contributed by atoms with E-state index in [0.29, 0.717) is 29.4 Å². The Hall–Kier alpha value is -2.91. The second kappa shape index (κ2) is 10.4. The van der Waals surface area contributed by atoms with E-state index in [9.17, 15) is 26.8 Å². The maximum Gasteiger partial charge on any atom is 0.289 e. The molecule has 35 heavy (non-hydrogen) atoms. The minimum absolute atomic E-state index is 0.000838. The van der Waals surface area contributed by atoms with Crippen LogP contribution in [0.3, 0.4) is 0 Å². The Morgan fingerprint density at radius 2 is 2.20 bits per heavy atom. The molecular formula is C20H23F2N5O6S2. The molecule has 0 radical (unpaired) electrons. The van der Waals surface area contributed by atoms with Crippen LogP contribution in [-0.4, -0.2) is 66.2 Å². The van der Waals surface area contributed by atoms with Gasteiger partial charge < -0.3 is 14.6 Å². The zero-order valence-electron chi connectivity index (χ0n) is 18.6. The van der Waals surface area contributed by atoms with Gasteiger partial charge in [0.05, 0.1) is 17.9 Å². The standard InChI is InChI=1S/C20H23F2N5O6S2/c1-2-17(28)25-33-35(30,31)8-5-23-12-3-4-13-15(9-12)32-7-6-26-10-16(24-19(13)26)27-14(18(21)22)11-34-20(27)29/h3-4,9-10,14,18,23H,2,5-8,11H2,1H3,(H,25,28)/t14-/m0/s1. The third-order valence-corrected chi connectivity index (χ3v) is 7.30. The molecule has 2 aliphatic rings. The number of hydrogen-bond acceptors (Lipinski definition) is 9. The molecule has 4 rings (SSSR count). The van der Waals surface area contributed by atoms with Crippen molar-refractivity contribution in [3.63, 3.8) is 0 Å². The van der Waals surface area contributed by atoms with Crippen molar-refractivity contribution >= 4 is 44.5 Å². The van der Waals surface area contributed by atoms with Crippen LogP contribution >= 0.6 is 11.8 Å². The minimum Gasteiger partial charge on any atom is -0.491 e. The minimum atomic E-state index is -3.97. The predicted molar refractivity (Wildman–Crippen MR) is 125 cm³/mol. The molecule has 0 unspecified atom stereocenters. The molecule has 15 heteroatoms. The first-order chi connectivity index (χ1) is 16.7. The first kappa shape index (κ1) is 25.2. The number of fused-ring (bicyclic) bond motifs is 3. The molecule has 0 bridgehead atoms. The van der Waals surface area contributed by atoms with Gasteiger partial charge in [-0.15, -0.1) is 4.28 Å². The number of carbonyl (C=O) groups is 2. The molecule has 2 aliphatic heterocycles. The number of nitrogens with one attached hydrogen (secondary N) is 2. The van der Waals surface area contributed by atoms with Crippen LogP contribution in [0, 0.1) is 0 Å². The third-order valence-electron chi connectivity index (χ3n) is 5.30. The van der Waals surface area contributed by atoms with Crippen molar-refractivity contribution in [3.05, 3.63) is 24.4 Å². The highest BCUT2D eigenvalue weighted by Crippen LogP contribution is 2.38. The van der Waals surface area contributed by atoms with Crippen LogP contribution in [0.4, 0.5) is 25.1 Å². The lowest BCUT2D eigenvalue weighted by atomic mass is 10.1. The number of thioether (sulfide) groups is 1. The summed E-state index contributed by atoms with van der Waals surface area (Å²) in [6, 6.07) is 3.84. The number of hydroxylamine groups is 1. The van der Waals surface area contributed by atoms with E-state index in [1.54, 1.807) is 35.9 Å². The molecule has 2 N–H and O–H groups in total. The van der Waals surface area contributed by atoms with Gasteiger partial charge in [0.25, 0.3) is 21.8 Å². The van der Waals surface area contributed by atoms with Crippen LogP contribution in [0.2, 0.25) is 0 Å². The van der Waals surface area contributed by atoms with Crippen molar-refractivity contribution in [2.75, 3.05) is 34.9 Å². The second-order valence-electron chi connectivity index (χ2n) is 7.67. The molecule has 2 aromatic rings. The van der Waals surface area contributed by atoms with Gasteiger partial charge in [0, 0.05) is 36.7 Å². The van der Waals surface area contributed by atoms with Crippen LogP contribution in [0.15, 0.2) is 24.4 Å².